The van der Waals surface area contributed by atoms with Gasteiger partial charge < -0.3 is 4.90 Å². The Kier molecular flexibility index (Phi) is 2.80. The van der Waals surface area contributed by atoms with Crippen molar-refractivity contribution < 1.29 is 13.2 Å². The number of halogens is 3. The SMILES string of the molecule is CN1CC[C@]2(SC(F)(F)F)c3ccccc3N(C)[C@H]12. The Morgan fingerprint density at radius 2 is 1.95 bits per heavy atom. The lowest BCUT2D eigenvalue weighted by atomic mass is 9.97. The highest BCUT2D eigenvalue weighted by Gasteiger charge is 2.60. The first-order valence-corrected chi connectivity index (χ1v) is 6.96. The van der Waals surface area contributed by atoms with Crippen LogP contribution in [0.5, 0.6) is 0 Å². The van der Waals surface area contributed by atoms with Gasteiger partial charge in [-0.05, 0) is 36.9 Å². The third-order valence-corrected chi connectivity index (χ3v) is 5.31. The molecule has 0 bridgehead atoms. The normalized spacial score (nSPS) is 30.6. The number of benzene rings is 1. The van der Waals surface area contributed by atoms with Gasteiger partial charge in [0.15, 0.2) is 0 Å². The molecule has 1 aromatic rings. The quantitative estimate of drug-likeness (QED) is 0.783. The minimum Gasteiger partial charge on any atom is -0.357 e. The van der Waals surface area contributed by atoms with E-state index in [1.54, 1.807) is 0 Å². The van der Waals surface area contributed by atoms with E-state index in [4.69, 9.17) is 0 Å². The van der Waals surface area contributed by atoms with Crippen molar-refractivity contribution >= 4 is 17.4 Å². The molecule has 2 aliphatic heterocycles. The van der Waals surface area contributed by atoms with E-state index in [9.17, 15) is 13.2 Å². The summed E-state index contributed by atoms with van der Waals surface area (Å²) in [5, 5.41) is 0. The van der Waals surface area contributed by atoms with Gasteiger partial charge in [0.2, 0.25) is 0 Å². The molecule has 0 aromatic heterocycles. The molecule has 2 heterocycles. The van der Waals surface area contributed by atoms with Crippen molar-refractivity contribution in [2.45, 2.75) is 22.8 Å². The molecule has 0 N–H and O–H groups in total. The number of likely N-dealkylation sites (N-methyl/N-ethyl adjacent to an activating group) is 2. The molecule has 0 unspecified atom stereocenters. The van der Waals surface area contributed by atoms with Crippen LogP contribution < -0.4 is 4.90 Å². The van der Waals surface area contributed by atoms with Crippen molar-refractivity contribution in [2.75, 3.05) is 25.5 Å². The number of hydrogen-bond acceptors (Lipinski definition) is 3. The van der Waals surface area contributed by atoms with Crippen LogP contribution in [0.1, 0.15) is 12.0 Å². The van der Waals surface area contributed by atoms with E-state index in [-0.39, 0.29) is 17.9 Å². The average Bonchev–Trinajstić information content (AvgIpc) is 2.75. The summed E-state index contributed by atoms with van der Waals surface area (Å²) in [6.07, 6.45) is 0.302. The van der Waals surface area contributed by atoms with Gasteiger partial charge in [0.1, 0.15) is 6.17 Å². The van der Waals surface area contributed by atoms with E-state index >= 15 is 0 Å². The molecule has 0 aliphatic carbocycles. The molecule has 2 nitrogen and oxygen atoms in total. The van der Waals surface area contributed by atoms with Gasteiger partial charge in [-0.25, -0.2) is 0 Å². The monoisotopic (exact) mass is 288 g/mol. The Morgan fingerprint density at radius 1 is 1.26 bits per heavy atom. The van der Waals surface area contributed by atoms with Crippen molar-refractivity contribution in [1.82, 2.24) is 4.90 Å². The number of hydrogen-bond donors (Lipinski definition) is 0. The molecule has 6 heteroatoms. The van der Waals surface area contributed by atoms with E-state index < -0.39 is 10.3 Å². The Balaban J connectivity index is 2.13. The first-order chi connectivity index (χ1) is 8.85. The number of likely N-dealkylation sites (tertiary alicyclic amines) is 1. The van der Waals surface area contributed by atoms with Crippen LogP contribution in [0.25, 0.3) is 0 Å². The number of para-hydroxylation sites is 1. The highest BCUT2D eigenvalue weighted by Crippen LogP contribution is 2.61. The molecule has 2 atom stereocenters. The smallest absolute Gasteiger partial charge is 0.357 e. The molecule has 1 aromatic carbocycles. The number of nitrogens with zero attached hydrogens (tertiary/aromatic N) is 2. The molecule has 0 spiro atoms. The summed E-state index contributed by atoms with van der Waals surface area (Å²) >= 11 is 0.149. The third-order valence-electron chi connectivity index (χ3n) is 4.08. The molecule has 1 fully saturated rings. The number of anilines is 1. The van der Waals surface area contributed by atoms with Crippen molar-refractivity contribution in [1.29, 1.82) is 0 Å². The van der Waals surface area contributed by atoms with Gasteiger partial charge in [-0.1, -0.05) is 18.2 Å². The van der Waals surface area contributed by atoms with Crippen molar-refractivity contribution in [3.63, 3.8) is 0 Å². The second-order valence-corrected chi connectivity index (χ2v) is 6.57. The highest BCUT2D eigenvalue weighted by atomic mass is 32.2. The fourth-order valence-corrected chi connectivity index (χ4v) is 4.80. The topological polar surface area (TPSA) is 6.48 Å². The molecule has 0 amide bonds. The van der Waals surface area contributed by atoms with E-state index in [0.29, 0.717) is 13.0 Å². The minimum atomic E-state index is -4.22. The van der Waals surface area contributed by atoms with E-state index in [2.05, 4.69) is 0 Å². The molecule has 19 heavy (non-hydrogen) atoms. The van der Waals surface area contributed by atoms with Gasteiger partial charge in [0, 0.05) is 19.3 Å². The second-order valence-electron chi connectivity index (χ2n) is 5.17. The first kappa shape index (κ1) is 13.1. The summed E-state index contributed by atoms with van der Waals surface area (Å²) in [6.45, 7) is 0.687. The Labute approximate surface area is 114 Å². The molecule has 0 radical (unpaired) electrons. The van der Waals surface area contributed by atoms with Crippen LogP contribution in [0.3, 0.4) is 0 Å². The Bertz CT molecular complexity index is 505. The molecule has 3 rings (SSSR count). The van der Waals surface area contributed by atoms with Crippen LogP contribution in [0.4, 0.5) is 18.9 Å². The zero-order valence-corrected chi connectivity index (χ0v) is 11.6. The first-order valence-electron chi connectivity index (χ1n) is 6.15. The van der Waals surface area contributed by atoms with E-state index in [1.807, 2.05) is 48.2 Å². The maximum Gasteiger partial charge on any atom is 0.442 e. The summed E-state index contributed by atoms with van der Waals surface area (Å²) < 4.78 is 38.2. The van der Waals surface area contributed by atoms with Crippen LogP contribution in [0.2, 0.25) is 0 Å². The number of alkyl halides is 3. The number of rotatable bonds is 1. The summed E-state index contributed by atoms with van der Waals surface area (Å²) in [6, 6.07) is 7.44. The van der Waals surface area contributed by atoms with Gasteiger partial charge >= 0.3 is 5.51 Å². The van der Waals surface area contributed by atoms with Gasteiger partial charge in [0.05, 0.1) is 4.75 Å². The van der Waals surface area contributed by atoms with Gasteiger partial charge in [0.25, 0.3) is 0 Å². The van der Waals surface area contributed by atoms with Crippen LogP contribution in [-0.2, 0) is 4.75 Å². The van der Waals surface area contributed by atoms with Crippen LogP contribution in [0.15, 0.2) is 24.3 Å². The van der Waals surface area contributed by atoms with Crippen molar-refractivity contribution in [3.05, 3.63) is 29.8 Å². The van der Waals surface area contributed by atoms with E-state index in [1.165, 1.54) is 0 Å². The number of fused-ring (bicyclic) bond motifs is 3. The van der Waals surface area contributed by atoms with Gasteiger partial charge in [-0.15, -0.1) is 0 Å². The molecule has 1 saturated heterocycles. The predicted octanol–water partition coefficient (Wildman–Crippen LogP) is 3.25. The van der Waals surface area contributed by atoms with E-state index in [0.717, 1.165) is 11.3 Å². The van der Waals surface area contributed by atoms with Crippen molar-refractivity contribution in [3.8, 4) is 0 Å². The van der Waals surface area contributed by atoms with Crippen LogP contribution >= 0.6 is 11.8 Å². The van der Waals surface area contributed by atoms with Crippen LogP contribution in [-0.4, -0.2) is 37.2 Å². The summed E-state index contributed by atoms with van der Waals surface area (Å²) in [7, 11) is 3.77. The predicted molar refractivity (Wildman–Crippen MR) is 71.2 cm³/mol. The van der Waals surface area contributed by atoms with Crippen molar-refractivity contribution in [2.24, 2.45) is 0 Å². The minimum absolute atomic E-state index is 0.149. The fourth-order valence-electron chi connectivity index (χ4n) is 3.47. The Morgan fingerprint density at radius 3 is 2.63 bits per heavy atom. The summed E-state index contributed by atoms with van der Waals surface area (Å²) in [5.41, 5.74) is -2.49. The highest BCUT2D eigenvalue weighted by molar-refractivity contribution is 8.01. The van der Waals surface area contributed by atoms with Gasteiger partial charge in [-0.3, -0.25) is 4.90 Å². The molecule has 104 valence electrons. The molecular formula is C13H15F3N2S. The molecular weight excluding hydrogens is 273 g/mol. The third kappa shape index (κ3) is 1.84. The summed E-state index contributed by atoms with van der Waals surface area (Å²) in [5.74, 6) is 0. The fraction of sp³-hybridized carbons (Fsp3) is 0.538. The van der Waals surface area contributed by atoms with Crippen LogP contribution in [0, 0.1) is 0 Å². The van der Waals surface area contributed by atoms with Gasteiger partial charge in [-0.2, -0.15) is 13.2 Å². The maximum atomic E-state index is 13.0. The largest absolute Gasteiger partial charge is 0.442 e. The standard InChI is InChI=1S/C13H15F3N2S/c1-17-8-7-12(19-13(14,15)16)9-5-3-4-6-10(9)18(2)11(12)17/h3-6,11H,7-8H2,1-2H3/t11-,12-/m0/s1. The molecule has 2 aliphatic rings. The zero-order valence-electron chi connectivity index (χ0n) is 10.7. The molecule has 0 saturated carbocycles. The summed E-state index contributed by atoms with van der Waals surface area (Å²) in [4.78, 5) is 3.99. The second kappa shape index (κ2) is 4.06. The lowest BCUT2D eigenvalue weighted by Gasteiger charge is -2.34. The zero-order chi connectivity index (χ0) is 13.8. The lowest BCUT2D eigenvalue weighted by molar-refractivity contribution is -0.0346. The Hall–Kier alpha value is -0.880. The average molecular weight is 288 g/mol. The lowest BCUT2D eigenvalue weighted by Crippen LogP contribution is -2.46. The maximum absolute atomic E-state index is 13.0. The number of thioether (sulfide) groups is 1.